The fourth-order valence-electron chi connectivity index (χ4n) is 9.73. The predicted molar refractivity (Wildman–Crippen MR) is 118 cm³/mol. The van der Waals surface area contributed by atoms with E-state index in [9.17, 15) is 20.1 Å². The third-order valence-electron chi connectivity index (χ3n) is 11.2. The summed E-state index contributed by atoms with van der Waals surface area (Å²) in [5, 5.41) is 36.0. The maximum absolute atomic E-state index is 12.6. The van der Waals surface area contributed by atoms with Gasteiger partial charge in [0, 0.05) is 18.4 Å². The first-order valence-electron chi connectivity index (χ1n) is 12.3. The number of rotatable bonds is 2. The van der Waals surface area contributed by atoms with Crippen molar-refractivity contribution in [2.75, 3.05) is 7.11 Å². The first-order chi connectivity index (χ1) is 16.3. The van der Waals surface area contributed by atoms with E-state index in [-0.39, 0.29) is 12.0 Å². The molecule has 3 saturated heterocycles. The molecule has 3 N–H and O–H groups in total. The van der Waals surface area contributed by atoms with Crippen LogP contribution in [0.3, 0.4) is 0 Å². The van der Waals surface area contributed by atoms with Crippen LogP contribution in [0.4, 0.5) is 0 Å². The van der Waals surface area contributed by atoms with Gasteiger partial charge in [-0.2, -0.15) is 0 Å². The van der Waals surface area contributed by atoms with Crippen LogP contribution in [0.25, 0.3) is 0 Å². The summed E-state index contributed by atoms with van der Waals surface area (Å²) < 4.78 is 29.9. The van der Waals surface area contributed by atoms with Crippen LogP contribution < -0.4 is 0 Å². The van der Waals surface area contributed by atoms with E-state index in [4.69, 9.17) is 23.4 Å². The number of furan rings is 1. The van der Waals surface area contributed by atoms with Crippen molar-refractivity contribution in [1.29, 1.82) is 0 Å². The highest BCUT2D eigenvalue weighted by molar-refractivity contribution is 5.81. The number of carbonyl (C=O) groups excluding carboxylic acids is 1. The van der Waals surface area contributed by atoms with Crippen LogP contribution in [0.15, 0.2) is 35.2 Å². The van der Waals surface area contributed by atoms with Gasteiger partial charge in [0.1, 0.15) is 11.2 Å². The zero-order valence-electron chi connectivity index (χ0n) is 20.5. The molecule has 7 rings (SSSR count). The summed E-state index contributed by atoms with van der Waals surface area (Å²) in [7, 11) is 1.47. The number of hydrogen-bond donors (Lipinski definition) is 3. The molecule has 190 valence electrons. The number of methoxy groups -OCH3 is 1. The molecule has 0 unspecified atom stereocenters. The molecule has 4 heterocycles. The fraction of sp³-hybridized carbons (Fsp3) is 0.731. The van der Waals surface area contributed by atoms with E-state index >= 15 is 0 Å². The first-order valence-corrected chi connectivity index (χ1v) is 12.3. The van der Waals surface area contributed by atoms with Crippen LogP contribution in [0.5, 0.6) is 0 Å². The van der Waals surface area contributed by atoms with Crippen LogP contribution >= 0.6 is 0 Å². The van der Waals surface area contributed by atoms with Crippen molar-refractivity contribution in [1.82, 2.24) is 0 Å². The average molecular weight is 489 g/mol. The van der Waals surface area contributed by atoms with Crippen LogP contribution in [0.2, 0.25) is 0 Å². The van der Waals surface area contributed by atoms with Gasteiger partial charge in [-0.25, -0.2) is 4.79 Å². The van der Waals surface area contributed by atoms with Crippen LogP contribution in [-0.4, -0.2) is 74.9 Å². The van der Waals surface area contributed by atoms with Gasteiger partial charge in [-0.1, -0.05) is 13.8 Å². The lowest BCUT2D eigenvalue weighted by Gasteiger charge is -2.61. The highest BCUT2D eigenvalue weighted by atomic mass is 16.7. The van der Waals surface area contributed by atoms with E-state index in [0.29, 0.717) is 6.42 Å². The van der Waals surface area contributed by atoms with Gasteiger partial charge in [-0.15, -0.1) is 0 Å². The van der Waals surface area contributed by atoms with Gasteiger partial charge in [0.05, 0.1) is 30.1 Å². The number of aliphatic hydroxyl groups excluding tert-OH is 1. The minimum absolute atomic E-state index is 0.0795. The molecule has 5 fully saturated rings. The second-order valence-corrected chi connectivity index (χ2v) is 12.2. The molecule has 2 saturated carbocycles. The number of esters is 1. The second-order valence-electron chi connectivity index (χ2n) is 12.2. The lowest BCUT2D eigenvalue weighted by Crippen LogP contribution is -2.77. The maximum Gasteiger partial charge on any atom is 0.339 e. The molecule has 1 aromatic rings. The third-order valence-corrected chi connectivity index (χ3v) is 11.2. The van der Waals surface area contributed by atoms with Crippen molar-refractivity contribution in [2.24, 2.45) is 16.7 Å². The summed E-state index contributed by atoms with van der Waals surface area (Å²) >= 11 is 0. The standard InChI is InChI=1S/C26H32O9/c1-20-11-15-17(23(4,29)26(20)16(34-26)10-14(20)13-6-9-32-12-13)22(3)24(31-5,33-15)8-7-21(2)25(22,30)18(27)19(28)35-21/h6-9,12,14-18,27,29-30H,10-11H2,1-5H3/t14-,15+,16+,17+,18-,20-,21-,22-,23+,24-,25+,26+/m0/s1. The van der Waals surface area contributed by atoms with E-state index < -0.39 is 63.1 Å². The SMILES string of the molecule is CO[C@]12C=C[C@]3(C)OC(=O)[C@H](O)[C@]3(O)[C@@]1(C)[C@H]1[C@@H](C[C@@]3(C)[C@H](c4ccoc4)C[C@H]4O[C@]43[C@]1(C)O)O2. The van der Waals surface area contributed by atoms with Gasteiger partial charge in [-0.05, 0) is 56.4 Å². The predicted octanol–water partition coefficient (Wildman–Crippen LogP) is 1.41. The van der Waals surface area contributed by atoms with Gasteiger partial charge in [0.25, 0.3) is 0 Å². The number of hydrogen-bond acceptors (Lipinski definition) is 9. The number of carbonyl (C=O) groups is 1. The number of fused-ring (bicyclic) bond motifs is 5. The topological polar surface area (TPSA) is 131 Å². The van der Waals surface area contributed by atoms with E-state index in [2.05, 4.69) is 6.92 Å². The minimum atomic E-state index is -2.14. The van der Waals surface area contributed by atoms with Crippen molar-refractivity contribution in [3.05, 3.63) is 36.3 Å². The third kappa shape index (κ3) is 1.91. The largest absolute Gasteiger partial charge is 0.472 e. The molecule has 9 nitrogen and oxygen atoms in total. The normalized spacial score (nSPS) is 61.5. The van der Waals surface area contributed by atoms with Crippen LogP contribution in [0.1, 0.15) is 52.0 Å². The molecule has 3 aliphatic heterocycles. The Morgan fingerprint density at radius 1 is 1.11 bits per heavy atom. The summed E-state index contributed by atoms with van der Waals surface area (Å²) in [6.45, 7) is 7.16. The lowest BCUT2D eigenvalue weighted by atomic mass is 9.43. The van der Waals surface area contributed by atoms with Crippen molar-refractivity contribution in [3.8, 4) is 0 Å². The molecule has 3 aliphatic carbocycles. The van der Waals surface area contributed by atoms with E-state index in [1.54, 1.807) is 39.4 Å². The Balaban J connectivity index is 1.44. The van der Waals surface area contributed by atoms with Crippen LogP contribution in [-0.2, 0) is 23.7 Å². The van der Waals surface area contributed by atoms with Crippen LogP contribution in [0, 0.1) is 16.7 Å². The van der Waals surface area contributed by atoms with Crippen molar-refractivity contribution < 1.29 is 43.5 Å². The molecule has 0 amide bonds. The molecule has 35 heavy (non-hydrogen) atoms. The molecule has 0 aromatic carbocycles. The van der Waals surface area contributed by atoms with Gasteiger partial charge in [-0.3, -0.25) is 0 Å². The lowest BCUT2D eigenvalue weighted by molar-refractivity contribution is -0.308. The van der Waals surface area contributed by atoms with Gasteiger partial charge >= 0.3 is 5.97 Å². The fourth-order valence-corrected chi connectivity index (χ4v) is 9.73. The van der Waals surface area contributed by atoms with Crippen molar-refractivity contribution >= 4 is 5.97 Å². The summed E-state index contributed by atoms with van der Waals surface area (Å²) in [5.74, 6) is -3.11. The Labute approximate surface area is 203 Å². The Kier molecular flexibility index (Phi) is 3.76. The zero-order chi connectivity index (χ0) is 25.0. The average Bonchev–Trinajstić information content (AvgIpc) is 3.03. The second kappa shape index (κ2) is 5.87. The Hall–Kier alpha value is -1.75. The molecule has 1 spiro atoms. The quantitative estimate of drug-likeness (QED) is 0.321. The Morgan fingerprint density at radius 2 is 1.86 bits per heavy atom. The summed E-state index contributed by atoms with van der Waals surface area (Å²) in [4.78, 5) is 12.6. The summed E-state index contributed by atoms with van der Waals surface area (Å²) in [5.41, 5.74) is -7.00. The summed E-state index contributed by atoms with van der Waals surface area (Å²) in [6, 6.07) is 1.96. The molecular formula is C26H32O9. The number of aliphatic hydroxyl groups is 3. The molecule has 1 aromatic heterocycles. The van der Waals surface area contributed by atoms with Gasteiger partial charge < -0.3 is 38.7 Å². The number of epoxide rings is 1. The monoisotopic (exact) mass is 488 g/mol. The molecule has 0 bridgehead atoms. The van der Waals surface area contributed by atoms with Gasteiger partial charge in [0.2, 0.25) is 0 Å². The molecular weight excluding hydrogens is 456 g/mol. The van der Waals surface area contributed by atoms with E-state index in [1.807, 2.05) is 6.07 Å². The minimum Gasteiger partial charge on any atom is -0.472 e. The zero-order valence-corrected chi connectivity index (χ0v) is 20.5. The highest BCUT2D eigenvalue weighted by Gasteiger charge is 2.92. The number of ether oxygens (including phenoxy) is 4. The molecule has 0 radical (unpaired) electrons. The smallest absolute Gasteiger partial charge is 0.339 e. The summed E-state index contributed by atoms with van der Waals surface area (Å²) in [6.07, 6.45) is 5.24. The Morgan fingerprint density at radius 3 is 2.51 bits per heavy atom. The maximum atomic E-state index is 12.6. The Bertz CT molecular complexity index is 1160. The first kappa shape index (κ1) is 22.4. The molecule has 6 aliphatic rings. The van der Waals surface area contributed by atoms with E-state index in [0.717, 1.165) is 12.0 Å². The van der Waals surface area contributed by atoms with Crippen molar-refractivity contribution in [3.63, 3.8) is 0 Å². The molecule has 12 atom stereocenters. The van der Waals surface area contributed by atoms with E-state index in [1.165, 1.54) is 13.2 Å². The molecule has 9 heteroatoms. The van der Waals surface area contributed by atoms with Crippen molar-refractivity contribution in [2.45, 2.75) is 93.0 Å². The highest BCUT2D eigenvalue weighted by Crippen LogP contribution is 2.80. The van der Waals surface area contributed by atoms with Gasteiger partial charge in [0.15, 0.2) is 23.1 Å².